The number of carbonyl (C=O) groups excluding carboxylic acids is 2. The van der Waals surface area contributed by atoms with Gasteiger partial charge in [-0.25, -0.2) is 4.79 Å². The first-order valence-electron chi connectivity index (χ1n) is 5.13. The second kappa shape index (κ2) is 6.00. The van der Waals surface area contributed by atoms with E-state index in [1.165, 1.54) is 19.2 Å². The van der Waals surface area contributed by atoms with E-state index in [1.807, 2.05) is 0 Å². The Kier molecular flexibility index (Phi) is 4.66. The lowest BCUT2D eigenvalue weighted by Crippen LogP contribution is -2.24. The zero-order valence-electron chi connectivity index (χ0n) is 9.67. The van der Waals surface area contributed by atoms with Crippen molar-refractivity contribution >= 4 is 11.8 Å². The number of carbonyl (C=O) groups is 2. The Hall–Kier alpha value is -1.88. The second-order valence-electron chi connectivity index (χ2n) is 3.26. The SMILES string of the molecule is CCOC(=O)C(=O)C(O)c1ccc(OC)cc1. The Labute approximate surface area is 99.0 Å². The van der Waals surface area contributed by atoms with Crippen LogP contribution >= 0.6 is 0 Å². The van der Waals surface area contributed by atoms with E-state index < -0.39 is 17.9 Å². The summed E-state index contributed by atoms with van der Waals surface area (Å²) in [6.07, 6.45) is -1.50. The van der Waals surface area contributed by atoms with Crippen LogP contribution in [-0.2, 0) is 14.3 Å². The number of Topliss-reactive ketones (excluding diaryl/α,β-unsaturated/α-hetero) is 1. The number of ether oxygens (including phenoxy) is 2. The number of benzene rings is 1. The van der Waals surface area contributed by atoms with Crippen LogP contribution in [0.25, 0.3) is 0 Å². The van der Waals surface area contributed by atoms with Crippen LogP contribution in [0.1, 0.15) is 18.6 Å². The third kappa shape index (κ3) is 3.29. The number of hydrogen-bond acceptors (Lipinski definition) is 5. The molecule has 17 heavy (non-hydrogen) atoms. The van der Waals surface area contributed by atoms with E-state index in [2.05, 4.69) is 4.74 Å². The van der Waals surface area contributed by atoms with Gasteiger partial charge in [-0.15, -0.1) is 0 Å². The summed E-state index contributed by atoms with van der Waals surface area (Å²) in [4.78, 5) is 22.6. The van der Waals surface area contributed by atoms with Crippen LogP contribution in [0.5, 0.6) is 5.75 Å². The fourth-order valence-corrected chi connectivity index (χ4v) is 1.25. The van der Waals surface area contributed by atoms with Gasteiger partial charge in [0, 0.05) is 0 Å². The van der Waals surface area contributed by atoms with Crippen molar-refractivity contribution in [1.29, 1.82) is 0 Å². The van der Waals surface area contributed by atoms with Gasteiger partial charge in [-0.1, -0.05) is 12.1 Å². The molecule has 0 aliphatic heterocycles. The highest BCUT2D eigenvalue weighted by molar-refractivity contribution is 6.35. The molecule has 0 saturated heterocycles. The first kappa shape index (κ1) is 13.2. The van der Waals surface area contributed by atoms with E-state index in [0.29, 0.717) is 11.3 Å². The monoisotopic (exact) mass is 238 g/mol. The number of esters is 1. The van der Waals surface area contributed by atoms with Gasteiger partial charge in [0.05, 0.1) is 13.7 Å². The largest absolute Gasteiger partial charge is 0.497 e. The Morgan fingerprint density at radius 1 is 1.29 bits per heavy atom. The molecule has 1 atom stereocenters. The predicted octanol–water partition coefficient (Wildman–Crippen LogP) is 0.861. The van der Waals surface area contributed by atoms with E-state index in [0.717, 1.165) is 0 Å². The van der Waals surface area contributed by atoms with Crippen LogP contribution in [0.4, 0.5) is 0 Å². The molecule has 5 nitrogen and oxygen atoms in total. The van der Waals surface area contributed by atoms with Gasteiger partial charge in [-0.3, -0.25) is 4.79 Å². The van der Waals surface area contributed by atoms with Crippen molar-refractivity contribution in [2.24, 2.45) is 0 Å². The first-order chi connectivity index (χ1) is 8.10. The minimum absolute atomic E-state index is 0.0971. The van der Waals surface area contributed by atoms with Gasteiger partial charge in [0.15, 0.2) is 0 Å². The lowest BCUT2D eigenvalue weighted by molar-refractivity contribution is -0.157. The molecule has 1 N–H and O–H groups in total. The summed E-state index contributed by atoms with van der Waals surface area (Å²) in [5, 5.41) is 9.66. The topological polar surface area (TPSA) is 72.8 Å². The zero-order valence-corrected chi connectivity index (χ0v) is 9.67. The molecule has 0 radical (unpaired) electrons. The molecule has 0 bridgehead atoms. The minimum Gasteiger partial charge on any atom is -0.497 e. The minimum atomic E-state index is -1.50. The van der Waals surface area contributed by atoms with Gasteiger partial charge < -0.3 is 14.6 Å². The highest BCUT2D eigenvalue weighted by atomic mass is 16.5. The van der Waals surface area contributed by atoms with Crippen molar-refractivity contribution in [3.8, 4) is 5.75 Å². The molecular weight excluding hydrogens is 224 g/mol. The Bertz CT molecular complexity index is 396. The summed E-state index contributed by atoms with van der Waals surface area (Å²) >= 11 is 0. The molecule has 0 aliphatic rings. The van der Waals surface area contributed by atoms with E-state index >= 15 is 0 Å². The summed E-state index contributed by atoms with van der Waals surface area (Å²) in [5.74, 6) is -1.41. The molecule has 0 spiro atoms. The molecule has 1 aromatic rings. The second-order valence-corrected chi connectivity index (χ2v) is 3.26. The average molecular weight is 238 g/mol. The fourth-order valence-electron chi connectivity index (χ4n) is 1.25. The standard InChI is InChI=1S/C12H14O5/c1-3-17-12(15)11(14)10(13)8-4-6-9(16-2)7-5-8/h4-7,10,13H,3H2,1-2H3. The molecule has 1 unspecified atom stereocenters. The molecule has 0 saturated carbocycles. The maximum Gasteiger partial charge on any atom is 0.377 e. The molecule has 0 aliphatic carbocycles. The Balaban J connectivity index is 2.77. The molecule has 0 heterocycles. The van der Waals surface area contributed by atoms with Gasteiger partial charge in [0.25, 0.3) is 5.78 Å². The summed E-state index contributed by atoms with van der Waals surface area (Å²) in [6, 6.07) is 6.22. The maximum atomic E-state index is 11.4. The first-order valence-corrected chi connectivity index (χ1v) is 5.13. The van der Waals surface area contributed by atoms with Crippen molar-refractivity contribution in [2.45, 2.75) is 13.0 Å². The fraction of sp³-hybridized carbons (Fsp3) is 0.333. The number of hydrogen-bond donors (Lipinski definition) is 1. The molecule has 1 rings (SSSR count). The van der Waals surface area contributed by atoms with Gasteiger partial charge in [-0.2, -0.15) is 0 Å². The maximum absolute atomic E-state index is 11.4. The van der Waals surface area contributed by atoms with E-state index in [4.69, 9.17) is 4.74 Å². The van der Waals surface area contributed by atoms with Gasteiger partial charge in [-0.05, 0) is 24.6 Å². The van der Waals surface area contributed by atoms with Crippen LogP contribution in [0.3, 0.4) is 0 Å². The Morgan fingerprint density at radius 3 is 2.35 bits per heavy atom. The molecule has 0 fully saturated rings. The van der Waals surface area contributed by atoms with Gasteiger partial charge in [0.1, 0.15) is 11.9 Å². The van der Waals surface area contributed by atoms with Crippen molar-refractivity contribution in [3.05, 3.63) is 29.8 Å². The highest BCUT2D eigenvalue weighted by Crippen LogP contribution is 2.18. The molecule has 5 heteroatoms. The van der Waals surface area contributed by atoms with Crippen molar-refractivity contribution < 1.29 is 24.2 Å². The lowest BCUT2D eigenvalue weighted by Gasteiger charge is -2.09. The number of rotatable bonds is 5. The van der Waals surface area contributed by atoms with E-state index in [-0.39, 0.29) is 6.61 Å². The summed E-state index contributed by atoms with van der Waals surface area (Å²) in [5.41, 5.74) is 0.323. The third-order valence-electron chi connectivity index (χ3n) is 2.16. The lowest BCUT2D eigenvalue weighted by atomic mass is 10.1. The van der Waals surface area contributed by atoms with E-state index in [9.17, 15) is 14.7 Å². The third-order valence-corrected chi connectivity index (χ3v) is 2.16. The van der Waals surface area contributed by atoms with E-state index in [1.54, 1.807) is 19.1 Å². The van der Waals surface area contributed by atoms with Crippen LogP contribution in [-0.4, -0.2) is 30.6 Å². The normalized spacial score (nSPS) is 11.7. The molecule has 0 amide bonds. The van der Waals surface area contributed by atoms with Crippen molar-refractivity contribution in [1.82, 2.24) is 0 Å². The smallest absolute Gasteiger partial charge is 0.377 e. The molecule has 0 aromatic heterocycles. The zero-order chi connectivity index (χ0) is 12.8. The van der Waals surface area contributed by atoms with Crippen molar-refractivity contribution in [2.75, 3.05) is 13.7 Å². The van der Waals surface area contributed by atoms with Crippen molar-refractivity contribution in [3.63, 3.8) is 0 Å². The summed E-state index contributed by atoms with van der Waals surface area (Å²) in [7, 11) is 1.51. The van der Waals surface area contributed by atoms with Gasteiger partial charge in [0.2, 0.25) is 0 Å². The van der Waals surface area contributed by atoms with Gasteiger partial charge >= 0.3 is 5.97 Å². The Morgan fingerprint density at radius 2 is 1.88 bits per heavy atom. The van der Waals surface area contributed by atoms with Crippen LogP contribution in [0.2, 0.25) is 0 Å². The molecule has 1 aromatic carbocycles. The summed E-state index contributed by atoms with van der Waals surface area (Å²) < 4.78 is 9.46. The summed E-state index contributed by atoms with van der Waals surface area (Å²) in [6.45, 7) is 1.69. The number of aliphatic hydroxyl groups excluding tert-OH is 1. The highest BCUT2D eigenvalue weighted by Gasteiger charge is 2.25. The molecular formula is C12H14O5. The van der Waals surface area contributed by atoms with Crippen LogP contribution in [0, 0.1) is 0 Å². The average Bonchev–Trinajstić information content (AvgIpc) is 2.37. The predicted molar refractivity (Wildman–Crippen MR) is 59.6 cm³/mol. The van der Waals surface area contributed by atoms with Crippen LogP contribution < -0.4 is 4.74 Å². The molecule has 92 valence electrons. The number of aliphatic hydroxyl groups is 1. The number of ketones is 1. The van der Waals surface area contributed by atoms with Crippen LogP contribution in [0.15, 0.2) is 24.3 Å². The number of methoxy groups -OCH3 is 1. The quantitative estimate of drug-likeness (QED) is 0.608.